The molecule has 4 bridgehead atoms. The van der Waals surface area contributed by atoms with Gasteiger partial charge in [0.2, 0.25) is 0 Å². The van der Waals surface area contributed by atoms with Crippen LogP contribution < -0.4 is 0 Å². The molecule has 0 amide bonds. The summed E-state index contributed by atoms with van der Waals surface area (Å²) in [7, 11) is 0. The van der Waals surface area contributed by atoms with Gasteiger partial charge in [-0.3, -0.25) is 29.6 Å². The Morgan fingerprint density at radius 3 is 1.00 bits per heavy atom. The van der Waals surface area contributed by atoms with E-state index in [1.165, 1.54) is 0 Å². The summed E-state index contributed by atoms with van der Waals surface area (Å²) in [6.45, 7) is 6.26. The molecule has 2 aromatic heterocycles. The van der Waals surface area contributed by atoms with E-state index < -0.39 is 0 Å². The van der Waals surface area contributed by atoms with Gasteiger partial charge in [0.05, 0.1) is 73.2 Å². The number of fused-ring (bicyclic) bond motifs is 4. The minimum atomic E-state index is 0.299. The normalized spacial score (nSPS) is 17.4. The fourth-order valence-corrected chi connectivity index (χ4v) is 4.62. The standard InChI is InChI=1S/C28H34N10/c29-9-17-35-13-3-15-37(19-11-31)23-27-7-2-8-28(34-27)24-38(20-12-32)16-4-14-36(18-10-30)22-26-6-1-5-25(21-35)33-26/h1-2,5-8H,3-4,13-24H2. The van der Waals surface area contributed by atoms with Crippen molar-refractivity contribution >= 4 is 0 Å². The maximum atomic E-state index is 9.37. The first kappa shape index (κ1) is 28.7. The minimum absolute atomic E-state index is 0.299. The van der Waals surface area contributed by atoms with Crippen LogP contribution in [-0.2, 0) is 26.2 Å². The Kier molecular flexibility index (Phi) is 12.1. The summed E-state index contributed by atoms with van der Waals surface area (Å²) in [5.74, 6) is 0. The smallest absolute Gasteiger partial charge is 0.0869 e. The third-order valence-corrected chi connectivity index (χ3v) is 6.35. The van der Waals surface area contributed by atoms with Crippen molar-refractivity contribution in [3.05, 3.63) is 59.2 Å². The average molecular weight is 511 g/mol. The molecule has 0 aromatic carbocycles. The van der Waals surface area contributed by atoms with Gasteiger partial charge in [-0.15, -0.1) is 0 Å². The predicted molar refractivity (Wildman–Crippen MR) is 141 cm³/mol. The maximum absolute atomic E-state index is 9.37. The fraction of sp³-hybridized carbons (Fsp3) is 0.500. The van der Waals surface area contributed by atoms with Gasteiger partial charge < -0.3 is 0 Å². The molecule has 3 heterocycles. The van der Waals surface area contributed by atoms with Gasteiger partial charge in [-0.25, -0.2) is 0 Å². The lowest BCUT2D eigenvalue weighted by Crippen LogP contribution is -2.32. The van der Waals surface area contributed by atoms with E-state index in [0.717, 1.165) is 35.6 Å². The van der Waals surface area contributed by atoms with Gasteiger partial charge in [-0.2, -0.15) is 21.0 Å². The van der Waals surface area contributed by atoms with E-state index >= 15 is 0 Å². The Morgan fingerprint density at radius 2 is 0.763 bits per heavy atom. The van der Waals surface area contributed by atoms with Gasteiger partial charge in [0, 0.05) is 52.4 Å². The van der Waals surface area contributed by atoms with E-state index in [1.54, 1.807) is 0 Å². The third-order valence-electron chi connectivity index (χ3n) is 6.35. The van der Waals surface area contributed by atoms with Crippen molar-refractivity contribution in [1.82, 2.24) is 29.6 Å². The first-order valence-electron chi connectivity index (χ1n) is 12.9. The van der Waals surface area contributed by atoms with Gasteiger partial charge in [-0.1, -0.05) is 12.1 Å². The Balaban J connectivity index is 1.84. The minimum Gasteiger partial charge on any atom is -0.285 e. The van der Waals surface area contributed by atoms with Gasteiger partial charge in [0.1, 0.15) is 0 Å². The second-order valence-electron chi connectivity index (χ2n) is 9.42. The molecule has 0 N–H and O–H groups in total. The molecule has 0 spiro atoms. The Labute approximate surface area is 225 Å². The first-order chi connectivity index (χ1) is 18.6. The molecule has 10 nitrogen and oxygen atoms in total. The fourth-order valence-electron chi connectivity index (χ4n) is 4.62. The van der Waals surface area contributed by atoms with Crippen LogP contribution >= 0.6 is 0 Å². The molecular weight excluding hydrogens is 476 g/mol. The van der Waals surface area contributed by atoms with Crippen LogP contribution in [0.4, 0.5) is 0 Å². The van der Waals surface area contributed by atoms with E-state index in [9.17, 15) is 21.0 Å². The summed E-state index contributed by atoms with van der Waals surface area (Å²) in [5, 5.41) is 37.5. The highest BCUT2D eigenvalue weighted by Crippen LogP contribution is 2.11. The summed E-state index contributed by atoms with van der Waals surface area (Å²) >= 11 is 0. The van der Waals surface area contributed by atoms with Crippen molar-refractivity contribution in [2.24, 2.45) is 0 Å². The molecule has 2 aromatic rings. The molecule has 0 saturated heterocycles. The zero-order valence-corrected chi connectivity index (χ0v) is 21.8. The van der Waals surface area contributed by atoms with Crippen molar-refractivity contribution in [3.63, 3.8) is 0 Å². The first-order valence-corrected chi connectivity index (χ1v) is 12.9. The number of rotatable bonds is 4. The molecule has 1 aliphatic heterocycles. The molecule has 38 heavy (non-hydrogen) atoms. The lowest BCUT2D eigenvalue weighted by molar-refractivity contribution is 0.234. The van der Waals surface area contributed by atoms with E-state index in [4.69, 9.17) is 9.97 Å². The second-order valence-corrected chi connectivity index (χ2v) is 9.42. The number of pyridine rings is 2. The monoisotopic (exact) mass is 510 g/mol. The zero-order valence-electron chi connectivity index (χ0n) is 21.8. The van der Waals surface area contributed by atoms with Crippen LogP contribution in [0.5, 0.6) is 0 Å². The van der Waals surface area contributed by atoms with E-state index in [0.29, 0.717) is 78.5 Å². The highest BCUT2D eigenvalue weighted by molar-refractivity contribution is 5.13. The molecule has 3 rings (SSSR count). The van der Waals surface area contributed by atoms with Crippen LogP contribution in [0.3, 0.4) is 0 Å². The molecule has 196 valence electrons. The molecule has 0 unspecified atom stereocenters. The van der Waals surface area contributed by atoms with Crippen molar-refractivity contribution in [2.75, 3.05) is 52.4 Å². The Morgan fingerprint density at radius 1 is 0.500 bits per heavy atom. The van der Waals surface area contributed by atoms with Crippen molar-refractivity contribution in [2.45, 2.75) is 39.0 Å². The summed E-state index contributed by atoms with van der Waals surface area (Å²) in [6.07, 6.45) is 1.60. The summed E-state index contributed by atoms with van der Waals surface area (Å²) in [6, 6.07) is 20.8. The summed E-state index contributed by atoms with van der Waals surface area (Å²) in [5.41, 5.74) is 3.55. The molecule has 0 aliphatic carbocycles. The topological polar surface area (TPSA) is 134 Å². The highest BCUT2D eigenvalue weighted by Gasteiger charge is 2.14. The molecule has 10 heteroatoms. The van der Waals surface area contributed by atoms with Crippen molar-refractivity contribution in [1.29, 1.82) is 21.0 Å². The molecule has 0 radical (unpaired) electrons. The largest absolute Gasteiger partial charge is 0.285 e. The lowest BCUT2D eigenvalue weighted by atomic mass is 10.2. The van der Waals surface area contributed by atoms with E-state index in [-0.39, 0.29) is 0 Å². The maximum Gasteiger partial charge on any atom is 0.0869 e. The van der Waals surface area contributed by atoms with E-state index in [2.05, 4.69) is 43.9 Å². The lowest BCUT2D eigenvalue weighted by Gasteiger charge is -2.24. The molecule has 0 atom stereocenters. The van der Waals surface area contributed by atoms with Crippen LogP contribution in [0.1, 0.15) is 35.6 Å². The quantitative estimate of drug-likeness (QED) is 0.564. The molecule has 1 aliphatic rings. The average Bonchev–Trinajstić information content (AvgIpc) is 2.89. The van der Waals surface area contributed by atoms with Crippen LogP contribution in [-0.4, -0.2) is 81.9 Å². The second kappa shape index (κ2) is 16.0. The van der Waals surface area contributed by atoms with Gasteiger partial charge in [0.15, 0.2) is 0 Å². The molecule has 0 saturated carbocycles. The van der Waals surface area contributed by atoms with Crippen LogP contribution in [0.25, 0.3) is 0 Å². The summed E-state index contributed by atoms with van der Waals surface area (Å²) in [4.78, 5) is 17.9. The predicted octanol–water partition coefficient (Wildman–Crippen LogP) is 2.27. The number of hydrogen-bond donors (Lipinski definition) is 0. The SMILES string of the molecule is N#CCN1CCCN(CC#N)Cc2cccc(n2)CN(CC#N)CCCN(CC#N)Cc2cccc(n2)C1. The van der Waals surface area contributed by atoms with Crippen molar-refractivity contribution in [3.8, 4) is 24.3 Å². The molecular formula is C28H34N10. The van der Waals surface area contributed by atoms with Gasteiger partial charge >= 0.3 is 0 Å². The van der Waals surface area contributed by atoms with Crippen LogP contribution in [0.2, 0.25) is 0 Å². The number of nitrogens with zero attached hydrogens (tertiary/aromatic N) is 10. The van der Waals surface area contributed by atoms with Crippen molar-refractivity contribution < 1.29 is 0 Å². The number of aromatic nitrogens is 2. The number of hydrogen-bond acceptors (Lipinski definition) is 10. The van der Waals surface area contributed by atoms with E-state index in [1.807, 2.05) is 36.4 Å². The van der Waals surface area contributed by atoms with Crippen LogP contribution in [0, 0.1) is 45.3 Å². The van der Waals surface area contributed by atoms with Gasteiger partial charge in [-0.05, 0) is 37.1 Å². The molecule has 0 fully saturated rings. The Hall–Kier alpha value is -3.90. The van der Waals surface area contributed by atoms with Crippen LogP contribution in [0.15, 0.2) is 36.4 Å². The number of nitriles is 4. The Bertz CT molecular complexity index is 1010. The zero-order chi connectivity index (χ0) is 27.0. The highest BCUT2D eigenvalue weighted by atomic mass is 15.2. The van der Waals surface area contributed by atoms with Gasteiger partial charge in [0.25, 0.3) is 0 Å². The summed E-state index contributed by atoms with van der Waals surface area (Å²) < 4.78 is 0. The third kappa shape index (κ3) is 9.87.